The van der Waals surface area contributed by atoms with Crippen LogP contribution < -0.4 is 0 Å². The van der Waals surface area contributed by atoms with E-state index in [1.807, 2.05) is 13.8 Å². The van der Waals surface area contributed by atoms with Crippen molar-refractivity contribution in [2.45, 2.75) is 51.7 Å². The van der Waals surface area contributed by atoms with Crippen molar-refractivity contribution in [3.63, 3.8) is 0 Å². The number of rotatable bonds is 1. The molecule has 2 nitrogen and oxygen atoms in total. The van der Waals surface area contributed by atoms with Gasteiger partial charge in [-0.3, -0.25) is 0 Å². The molecule has 0 bridgehead atoms. The molecule has 2 rings (SSSR count). The van der Waals surface area contributed by atoms with Crippen molar-refractivity contribution < 1.29 is 9.84 Å². The molecule has 17 heavy (non-hydrogen) atoms. The molecule has 94 valence electrons. The zero-order valence-electron chi connectivity index (χ0n) is 11.2. The van der Waals surface area contributed by atoms with Gasteiger partial charge in [0.25, 0.3) is 0 Å². The summed E-state index contributed by atoms with van der Waals surface area (Å²) in [5.41, 5.74) is 2.44. The number of benzene rings is 1. The van der Waals surface area contributed by atoms with Crippen molar-refractivity contribution in [2.75, 3.05) is 6.61 Å². The molecule has 1 fully saturated rings. The molecule has 0 amide bonds. The third-order valence-electron chi connectivity index (χ3n) is 3.62. The summed E-state index contributed by atoms with van der Waals surface area (Å²) in [5, 5.41) is 10.9. The molecule has 0 aromatic heterocycles. The molecule has 0 aliphatic carbocycles. The summed E-state index contributed by atoms with van der Waals surface area (Å²) in [7, 11) is 0. The lowest BCUT2D eigenvalue weighted by Gasteiger charge is -2.42. The fourth-order valence-corrected chi connectivity index (χ4v) is 2.81. The second-order valence-electron chi connectivity index (χ2n) is 5.88. The molecule has 1 atom stereocenters. The van der Waals surface area contributed by atoms with Crippen LogP contribution in [0.3, 0.4) is 0 Å². The van der Waals surface area contributed by atoms with E-state index in [0.717, 1.165) is 11.1 Å². The van der Waals surface area contributed by atoms with Gasteiger partial charge in [0.1, 0.15) is 0 Å². The number of aryl methyl sites for hydroxylation is 2. The summed E-state index contributed by atoms with van der Waals surface area (Å²) in [6, 6.07) is 6.29. The van der Waals surface area contributed by atoms with E-state index in [2.05, 4.69) is 32.0 Å². The minimum atomic E-state index is -0.738. The fourth-order valence-electron chi connectivity index (χ4n) is 2.81. The van der Waals surface area contributed by atoms with Gasteiger partial charge >= 0.3 is 0 Å². The molecule has 1 aliphatic rings. The highest BCUT2D eigenvalue weighted by atomic mass is 16.5. The Balaban J connectivity index is 2.40. The number of aliphatic hydroxyl groups is 1. The van der Waals surface area contributed by atoms with Gasteiger partial charge in [0.2, 0.25) is 0 Å². The van der Waals surface area contributed by atoms with Gasteiger partial charge in [0.05, 0.1) is 17.8 Å². The van der Waals surface area contributed by atoms with E-state index in [-0.39, 0.29) is 5.60 Å². The normalized spacial score (nSPS) is 28.1. The molecular weight excluding hydrogens is 212 g/mol. The number of hydrogen-bond donors (Lipinski definition) is 1. The third kappa shape index (κ3) is 2.53. The quantitative estimate of drug-likeness (QED) is 0.809. The van der Waals surface area contributed by atoms with Crippen LogP contribution in [-0.2, 0) is 10.3 Å². The predicted octanol–water partition coefficient (Wildman–Crippen LogP) is 3.08. The van der Waals surface area contributed by atoms with Crippen molar-refractivity contribution in [1.82, 2.24) is 0 Å². The topological polar surface area (TPSA) is 29.5 Å². The summed E-state index contributed by atoms with van der Waals surface area (Å²) >= 11 is 0. The SMILES string of the molecule is Cc1ccc(C)c(C2(O)CCOC(C)(C)C2)c1. The maximum atomic E-state index is 10.9. The molecule has 1 N–H and O–H groups in total. The molecule has 1 heterocycles. The Labute approximate surface area is 104 Å². The van der Waals surface area contributed by atoms with E-state index in [4.69, 9.17) is 4.74 Å². The lowest BCUT2D eigenvalue weighted by molar-refractivity contribution is -0.148. The predicted molar refractivity (Wildman–Crippen MR) is 69.1 cm³/mol. The standard InChI is InChI=1S/C15H22O2/c1-11-5-6-12(2)13(9-11)15(16)7-8-17-14(3,4)10-15/h5-6,9,16H,7-8,10H2,1-4H3. The van der Waals surface area contributed by atoms with E-state index >= 15 is 0 Å². The third-order valence-corrected chi connectivity index (χ3v) is 3.62. The van der Waals surface area contributed by atoms with Crippen molar-refractivity contribution in [3.8, 4) is 0 Å². The van der Waals surface area contributed by atoms with Gasteiger partial charge in [-0.2, -0.15) is 0 Å². The first kappa shape index (κ1) is 12.6. The fraction of sp³-hybridized carbons (Fsp3) is 0.600. The minimum absolute atomic E-state index is 0.247. The van der Waals surface area contributed by atoms with Gasteiger partial charge in [0.15, 0.2) is 0 Å². The van der Waals surface area contributed by atoms with Crippen LogP contribution >= 0.6 is 0 Å². The summed E-state index contributed by atoms with van der Waals surface area (Å²) in [6.07, 6.45) is 1.34. The average molecular weight is 234 g/mol. The Bertz CT molecular complexity index is 423. The number of ether oxygens (including phenoxy) is 1. The lowest BCUT2D eigenvalue weighted by Crippen LogP contribution is -2.44. The van der Waals surface area contributed by atoms with E-state index in [0.29, 0.717) is 19.4 Å². The summed E-state index contributed by atoms with van der Waals surface area (Å²) in [5.74, 6) is 0. The van der Waals surface area contributed by atoms with Crippen LogP contribution in [0, 0.1) is 13.8 Å². The molecule has 1 saturated heterocycles. The van der Waals surface area contributed by atoms with E-state index in [1.165, 1.54) is 5.56 Å². The second-order valence-corrected chi connectivity index (χ2v) is 5.88. The van der Waals surface area contributed by atoms with Gasteiger partial charge in [0, 0.05) is 12.8 Å². The summed E-state index contributed by atoms with van der Waals surface area (Å²) < 4.78 is 5.69. The first-order valence-corrected chi connectivity index (χ1v) is 6.27. The van der Waals surface area contributed by atoms with Crippen LogP contribution in [0.2, 0.25) is 0 Å². The van der Waals surface area contributed by atoms with Crippen LogP contribution in [0.15, 0.2) is 18.2 Å². The molecular formula is C15H22O2. The van der Waals surface area contributed by atoms with Crippen LogP contribution in [0.4, 0.5) is 0 Å². The highest BCUT2D eigenvalue weighted by Crippen LogP contribution is 2.40. The number of hydrogen-bond acceptors (Lipinski definition) is 2. The lowest BCUT2D eigenvalue weighted by atomic mass is 9.77. The van der Waals surface area contributed by atoms with Crippen LogP contribution in [0.1, 0.15) is 43.4 Å². The smallest absolute Gasteiger partial charge is 0.0948 e. The molecule has 1 aromatic carbocycles. The molecule has 0 spiro atoms. The first-order chi connectivity index (χ1) is 7.82. The van der Waals surface area contributed by atoms with Crippen molar-refractivity contribution in [2.24, 2.45) is 0 Å². The molecule has 1 unspecified atom stereocenters. The van der Waals surface area contributed by atoms with E-state index < -0.39 is 5.60 Å². The maximum absolute atomic E-state index is 10.9. The van der Waals surface area contributed by atoms with Crippen molar-refractivity contribution in [1.29, 1.82) is 0 Å². The van der Waals surface area contributed by atoms with Crippen molar-refractivity contribution in [3.05, 3.63) is 34.9 Å². The van der Waals surface area contributed by atoms with Gasteiger partial charge in [-0.1, -0.05) is 23.8 Å². The van der Waals surface area contributed by atoms with Gasteiger partial charge in [-0.05, 0) is 38.8 Å². The monoisotopic (exact) mass is 234 g/mol. The Kier molecular flexibility index (Phi) is 3.04. The zero-order valence-corrected chi connectivity index (χ0v) is 11.2. The molecule has 0 saturated carbocycles. The Morgan fingerprint density at radius 2 is 1.94 bits per heavy atom. The zero-order chi connectivity index (χ0) is 12.7. The highest BCUT2D eigenvalue weighted by molar-refractivity contribution is 5.35. The highest BCUT2D eigenvalue weighted by Gasteiger charge is 2.41. The Morgan fingerprint density at radius 3 is 2.59 bits per heavy atom. The molecule has 1 aliphatic heterocycles. The molecule has 0 radical (unpaired) electrons. The largest absolute Gasteiger partial charge is 0.385 e. The Morgan fingerprint density at radius 1 is 1.24 bits per heavy atom. The second kappa shape index (κ2) is 4.11. The van der Waals surface area contributed by atoms with Gasteiger partial charge < -0.3 is 9.84 Å². The minimum Gasteiger partial charge on any atom is -0.385 e. The van der Waals surface area contributed by atoms with Gasteiger partial charge in [-0.25, -0.2) is 0 Å². The van der Waals surface area contributed by atoms with E-state index in [9.17, 15) is 5.11 Å². The average Bonchev–Trinajstić information content (AvgIpc) is 2.19. The van der Waals surface area contributed by atoms with Crippen LogP contribution in [0.25, 0.3) is 0 Å². The molecule has 2 heteroatoms. The molecule has 1 aromatic rings. The first-order valence-electron chi connectivity index (χ1n) is 6.27. The summed E-state index contributed by atoms with van der Waals surface area (Å²) in [6.45, 7) is 8.84. The van der Waals surface area contributed by atoms with Crippen molar-refractivity contribution >= 4 is 0 Å². The maximum Gasteiger partial charge on any atom is 0.0948 e. The Hall–Kier alpha value is -0.860. The van der Waals surface area contributed by atoms with Gasteiger partial charge in [-0.15, -0.1) is 0 Å². The van der Waals surface area contributed by atoms with Crippen LogP contribution in [0.5, 0.6) is 0 Å². The van der Waals surface area contributed by atoms with E-state index in [1.54, 1.807) is 0 Å². The summed E-state index contributed by atoms with van der Waals surface area (Å²) in [4.78, 5) is 0. The van der Waals surface area contributed by atoms with Crippen LogP contribution in [-0.4, -0.2) is 17.3 Å².